The summed E-state index contributed by atoms with van der Waals surface area (Å²) in [4.78, 5) is 12.6. The first kappa shape index (κ1) is 14.0. The molecule has 0 radical (unpaired) electrons. The minimum absolute atomic E-state index is 0.118. The predicted octanol–water partition coefficient (Wildman–Crippen LogP) is 3.54. The Morgan fingerprint density at radius 1 is 1.10 bits per heavy atom. The third-order valence-electron chi connectivity index (χ3n) is 3.36. The van der Waals surface area contributed by atoms with Crippen molar-refractivity contribution >= 4 is 34.8 Å². The number of hydrogen-bond acceptors (Lipinski definition) is 3. The van der Waals surface area contributed by atoms with Crippen molar-refractivity contribution < 1.29 is 9.53 Å². The van der Waals surface area contributed by atoms with Crippen LogP contribution in [0.3, 0.4) is 0 Å². The van der Waals surface area contributed by atoms with Gasteiger partial charge in [0.25, 0.3) is 5.17 Å². The molecule has 0 bridgehead atoms. The highest BCUT2D eigenvalue weighted by Crippen LogP contribution is 2.27. The topological polar surface area (TPSA) is 38.3 Å². The first-order chi connectivity index (χ1) is 10.1. The Hall–Kier alpha value is -1.91. The van der Waals surface area contributed by atoms with Crippen LogP contribution >= 0.6 is 23.8 Å². The number of nitrogens with one attached hydrogen (secondary N) is 1. The first-order valence-corrected chi connectivity index (χ1v) is 7.25. The van der Waals surface area contributed by atoms with Crippen molar-refractivity contribution in [2.45, 2.75) is 12.1 Å². The zero-order valence-corrected chi connectivity index (χ0v) is 12.5. The summed E-state index contributed by atoms with van der Waals surface area (Å²) < 4.78 is 5.51. The summed E-state index contributed by atoms with van der Waals surface area (Å²) in [6.45, 7) is 0. The van der Waals surface area contributed by atoms with E-state index in [9.17, 15) is 4.79 Å². The molecule has 0 aliphatic carbocycles. The molecule has 2 aromatic carbocycles. The second-order valence-electron chi connectivity index (χ2n) is 4.73. The van der Waals surface area contributed by atoms with Crippen LogP contribution in [0.1, 0.15) is 22.0 Å². The van der Waals surface area contributed by atoms with E-state index < -0.39 is 6.10 Å². The van der Waals surface area contributed by atoms with Crippen LogP contribution in [-0.4, -0.2) is 17.1 Å². The molecule has 0 spiro atoms. The van der Waals surface area contributed by atoms with Crippen LogP contribution in [0, 0.1) is 0 Å². The van der Waals surface area contributed by atoms with Crippen LogP contribution in [0.5, 0.6) is 0 Å². The number of ether oxygens (including phenoxy) is 1. The second kappa shape index (κ2) is 5.84. The maximum atomic E-state index is 12.6. The Labute approximate surface area is 132 Å². The molecular formula is C16H12ClNO2S. The molecule has 3 nitrogen and oxygen atoms in total. The first-order valence-electron chi connectivity index (χ1n) is 6.47. The molecule has 106 valence electrons. The minimum Gasteiger partial charge on any atom is -0.457 e. The number of benzene rings is 2. The Bertz CT molecular complexity index is 672. The van der Waals surface area contributed by atoms with Gasteiger partial charge in [-0.3, -0.25) is 4.79 Å². The van der Waals surface area contributed by atoms with Gasteiger partial charge in [0, 0.05) is 10.6 Å². The van der Waals surface area contributed by atoms with Crippen molar-refractivity contribution in [3.63, 3.8) is 0 Å². The Balaban J connectivity index is 1.90. The van der Waals surface area contributed by atoms with Gasteiger partial charge in [-0.1, -0.05) is 41.9 Å². The molecule has 21 heavy (non-hydrogen) atoms. The van der Waals surface area contributed by atoms with Crippen molar-refractivity contribution in [2.75, 3.05) is 0 Å². The summed E-state index contributed by atoms with van der Waals surface area (Å²) in [6.07, 6.45) is -0.666. The summed E-state index contributed by atoms with van der Waals surface area (Å²) in [5.41, 5.74) is 1.52. The van der Waals surface area contributed by atoms with E-state index >= 15 is 0 Å². The fourth-order valence-electron chi connectivity index (χ4n) is 2.32. The lowest BCUT2D eigenvalue weighted by atomic mass is 9.96. The van der Waals surface area contributed by atoms with Crippen LogP contribution in [0.2, 0.25) is 5.02 Å². The zero-order chi connectivity index (χ0) is 14.8. The summed E-state index contributed by atoms with van der Waals surface area (Å²) in [5.74, 6) is -0.118. The fraction of sp³-hybridized carbons (Fsp3) is 0.125. The minimum atomic E-state index is -0.666. The van der Waals surface area contributed by atoms with Crippen LogP contribution < -0.4 is 5.32 Å². The number of hydrogen-bond donors (Lipinski definition) is 1. The van der Waals surface area contributed by atoms with Gasteiger partial charge in [0.15, 0.2) is 6.10 Å². The molecule has 5 heteroatoms. The summed E-state index contributed by atoms with van der Waals surface area (Å²) in [6, 6.07) is 16.1. The number of ketones is 1. The van der Waals surface area contributed by atoms with E-state index in [0.717, 1.165) is 5.56 Å². The fourth-order valence-corrected chi connectivity index (χ4v) is 2.68. The molecule has 0 aromatic heterocycles. The third-order valence-corrected chi connectivity index (χ3v) is 3.82. The molecule has 0 saturated carbocycles. The normalized spacial score (nSPS) is 20.7. The number of thiocarbonyl (C=S) groups is 1. The molecular weight excluding hydrogens is 306 g/mol. The smallest absolute Gasteiger partial charge is 0.258 e. The summed E-state index contributed by atoms with van der Waals surface area (Å²) in [5, 5.41) is 3.88. The standard InChI is InChI=1S/C16H12ClNO2S/c17-12-8-6-11(7-9-12)14(19)15-13(18-16(21)20-15)10-4-2-1-3-5-10/h1-9,13,15H,(H,18,21). The molecule has 1 heterocycles. The van der Waals surface area contributed by atoms with Gasteiger partial charge in [-0.05, 0) is 42.0 Å². The van der Waals surface area contributed by atoms with Gasteiger partial charge in [-0.25, -0.2) is 0 Å². The van der Waals surface area contributed by atoms with E-state index in [0.29, 0.717) is 10.6 Å². The average Bonchev–Trinajstić information content (AvgIpc) is 2.90. The van der Waals surface area contributed by atoms with Gasteiger partial charge in [0.1, 0.15) is 0 Å². The zero-order valence-electron chi connectivity index (χ0n) is 11.0. The monoisotopic (exact) mass is 317 g/mol. The van der Waals surface area contributed by atoms with E-state index in [1.165, 1.54) is 0 Å². The Morgan fingerprint density at radius 2 is 1.76 bits per heavy atom. The van der Waals surface area contributed by atoms with Crippen molar-refractivity contribution in [1.29, 1.82) is 0 Å². The molecule has 2 aromatic rings. The molecule has 1 aliphatic rings. The maximum Gasteiger partial charge on any atom is 0.258 e. The van der Waals surface area contributed by atoms with E-state index in [-0.39, 0.29) is 17.0 Å². The number of Topliss-reactive ketones (excluding diaryl/α,β-unsaturated/α-hetero) is 1. The van der Waals surface area contributed by atoms with Gasteiger partial charge >= 0.3 is 0 Å². The molecule has 1 aliphatic heterocycles. The van der Waals surface area contributed by atoms with Crippen LogP contribution in [0.25, 0.3) is 0 Å². The van der Waals surface area contributed by atoms with Gasteiger partial charge in [0.05, 0.1) is 6.04 Å². The maximum absolute atomic E-state index is 12.6. The number of rotatable bonds is 3. The highest BCUT2D eigenvalue weighted by Gasteiger charge is 2.38. The van der Waals surface area contributed by atoms with E-state index in [4.69, 9.17) is 28.6 Å². The molecule has 1 fully saturated rings. The van der Waals surface area contributed by atoms with Crippen molar-refractivity contribution in [1.82, 2.24) is 5.32 Å². The molecule has 2 unspecified atom stereocenters. The predicted molar refractivity (Wildman–Crippen MR) is 85.6 cm³/mol. The molecule has 0 amide bonds. The van der Waals surface area contributed by atoms with Crippen LogP contribution in [0.4, 0.5) is 0 Å². The SMILES string of the molecule is O=C(c1ccc(Cl)cc1)C1OC(=S)NC1c1ccccc1. The Morgan fingerprint density at radius 3 is 2.43 bits per heavy atom. The van der Waals surface area contributed by atoms with Gasteiger partial charge in [-0.15, -0.1) is 0 Å². The van der Waals surface area contributed by atoms with E-state index in [1.807, 2.05) is 30.3 Å². The summed E-state index contributed by atoms with van der Waals surface area (Å²) in [7, 11) is 0. The Kier molecular flexibility index (Phi) is 3.90. The number of carbonyl (C=O) groups excluding carboxylic acids is 1. The third kappa shape index (κ3) is 2.91. The lowest BCUT2D eigenvalue weighted by Gasteiger charge is -2.16. The molecule has 3 rings (SSSR count). The molecule has 1 N–H and O–H groups in total. The molecule has 1 saturated heterocycles. The van der Waals surface area contributed by atoms with Crippen LogP contribution in [0.15, 0.2) is 54.6 Å². The van der Waals surface area contributed by atoms with Gasteiger partial charge in [-0.2, -0.15) is 0 Å². The number of carbonyl (C=O) groups is 1. The summed E-state index contributed by atoms with van der Waals surface area (Å²) >= 11 is 10.9. The lowest BCUT2D eigenvalue weighted by Crippen LogP contribution is -2.29. The average molecular weight is 318 g/mol. The second-order valence-corrected chi connectivity index (χ2v) is 5.54. The lowest BCUT2D eigenvalue weighted by molar-refractivity contribution is 0.0787. The van der Waals surface area contributed by atoms with Crippen molar-refractivity contribution in [3.8, 4) is 0 Å². The van der Waals surface area contributed by atoms with Gasteiger partial charge < -0.3 is 10.1 Å². The quantitative estimate of drug-likeness (QED) is 0.694. The van der Waals surface area contributed by atoms with E-state index in [1.54, 1.807) is 24.3 Å². The van der Waals surface area contributed by atoms with Crippen molar-refractivity contribution in [3.05, 3.63) is 70.7 Å². The largest absolute Gasteiger partial charge is 0.457 e. The van der Waals surface area contributed by atoms with Gasteiger partial charge in [0.2, 0.25) is 5.78 Å². The van der Waals surface area contributed by atoms with Crippen LogP contribution in [-0.2, 0) is 4.74 Å². The van der Waals surface area contributed by atoms with E-state index in [2.05, 4.69) is 5.32 Å². The highest BCUT2D eigenvalue weighted by atomic mass is 35.5. The number of halogens is 1. The van der Waals surface area contributed by atoms with Crippen molar-refractivity contribution in [2.24, 2.45) is 0 Å². The molecule has 2 atom stereocenters. The highest BCUT2D eigenvalue weighted by molar-refractivity contribution is 7.80.